The van der Waals surface area contributed by atoms with Gasteiger partial charge in [0.15, 0.2) is 0 Å². The van der Waals surface area contributed by atoms with Gasteiger partial charge in [-0.25, -0.2) is 9.97 Å². The third-order valence-corrected chi connectivity index (χ3v) is 5.24. The smallest absolute Gasteiger partial charge is 0.133 e. The Morgan fingerprint density at radius 1 is 1.25 bits per heavy atom. The van der Waals surface area contributed by atoms with Crippen LogP contribution >= 0.6 is 0 Å². The number of imidazole rings is 1. The molecule has 5 nitrogen and oxygen atoms in total. The number of rotatable bonds is 6. The van der Waals surface area contributed by atoms with Crippen LogP contribution < -0.4 is 10.2 Å². The highest BCUT2D eigenvalue weighted by Crippen LogP contribution is 2.40. The monoisotopic (exact) mass is 325 g/mol. The van der Waals surface area contributed by atoms with E-state index in [9.17, 15) is 0 Å². The number of nitrogens with zero attached hydrogens (tertiary/aromatic N) is 4. The Kier molecular flexibility index (Phi) is 4.27. The summed E-state index contributed by atoms with van der Waals surface area (Å²) in [6.07, 6.45) is 9.09. The molecule has 2 aromatic rings. The molecule has 128 valence electrons. The molecule has 0 unspecified atom stereocenters. The van der Waals surface area contributed by atoms with Crippen LogP contribution in [0.5, 0.6) is 0 Å². The molecule has 1 aliphatic carbocycles. The van der Waals surface area contributed by atoms with Gasteiger partial charge in [0.2, 0.25) is 0 Å². The third kappa shape index (κ3) is 3.18. The first-order valence-corrected chi connectivity index (χ1v) is 9.14. The fourth-order valence-electron chi connectivity index (χ4n) is 3.71. The summed E-state index contributed by atoms with van der Waals surface area (Å²) in [5.41, 5.74) is 2.41. The van der Waals surface area contributed by atoms with Crippen LogP contribution in [0, 0.1) is 12.8 Å². The van der Waals surface area contributed by atoms with Crippen molar-refractivity contribution in [2.24, 2.45) is 13.0 Å². The van der Waals surface area contributed by atoms with E-state index in [0.717, 1.165) is 37.1 Å². The van der Waals surface area contributed by atoms with Gasteiger partial charge in [0.25, 0.3) is 0 Å². The second-order valence-electron chi connectivity index (χ2n) is 7.22. The molecule has 1 saturated heterocycles. The van der Waals surface area contributed by atoms with Gasteiger partial charge in [0.1, 0.15) is 11.6 Å². The summed E-state index contributed by atoms with van der Waals surface area (Å²) >= 11 is 0. The molecule has 1 N–H and O–H groups in total. The predicted octanol–water partition coefficient (Wildman–Crippen LogP) is 2.96. The largest absolute Gasteiger partial charge is 0.356 e. The number of anilines is 1. The highest BCUT2D eigenvalue weighted by atomic mass is 15.2. The highest BCUT2D eigenvalue weighted by molar-refractivity contribution is 5.48. The maximum absolute atomic E-state index is 4.84. The van der Waals surface area contributed by atoms with E-state index in [0.29, 0.717) is 6.04 Å². The number of pyridine rings is 1. The van der Waals surface area contributed by atoms with E-state index in [1.807, 2.05) is 12.4 Å². The zero-order valence-electron chi connectivity index (χ0n) is 14.7. The topological polar surface area (TPSA) is 46.0 Å². The molecule has 3 heterocycles. The molecule has 1 atom stereocenters. The molecule has 24 heavy (non-hydrogen) atoms. The van der Waals surface area contributed by atoms with Gasteiger partial charge in [-0.05, 0) is 44.6 Å². The summed E-state index contributed by atoms with van der Waals surface area (Å²) in [4.78, 5) is 11.9. The van der Waals surface area contributed by atoms with Gasteiger partial charge in [-0.2, -0.15) is 0 Å². The van der Waals surface area contributed by atoms with Crippen molar-refractivity contribution >= 4 is 5.82 Å². The number of nitrogens with one attached hydrogen (secondary N) is 1. The Hall–Kier alpha value is -1.88. The minimum atomic E-state index is 0.345. The highest BCUT2D eigenvalue weighted by Gasteiger charge is 2.34. The fourth-order valence-corrected chi connectivity index (χ4v) is 3.71. The van der Waals surface area contributed by atoms with Crippen LogP contribution in [0.4, 0.5) is 5.82 Å². The van der Waals surface area contributed by atoms with Crippen molar-refractivity contribution in [2.75, 3.05) is 18.0 Å². The van der Waals surface area contributed by atoms with Crippen molar-refractivity contribution in [2.45, 2.75) is 45.2 Å². The van der Waals surface area contributed by atoms with E-state index in [1.165, 1.54) is 37.1 Å². The van der Waals surface area contributed by atoms with Gasteiger partial charge in [0, 0.05) is 50.3 Å². The minimum Gasteiger partial charge on any atom is -0.356 e. The van der Waals surface area contributed by atoms with Crippen LogP contribution in [-0.2, 0) is 13.6 Å². The van der Waals surface area contributed by atoms with Crippen LogP contribution in [0.3, 0.4) is 0 Å². The van der Waals surface area contributed by atoms with Crippen LogP contribution in [0.25, 0.3) is 0 Å². The number of aromatic nitrogens is 3. The van der Waals surface area contributed by atoms with Crippen LogP contribution in [0.15, 0.2) is 24.5 Å². The summed E-state index contributed by atoms with van der Waals surface area (Å²) < 4.78 is 2.14. The van der Waals surface area contributed by atoms with E-state index < -0.39 is 0 Å². The number of hydrogen-bond donors (Lipinski definition) is 1. The van der Waals surface area contributed by atoms with E-state index in [4.69, 9.17) is 4.98 Å². The molecular weight excluding hydrogens is 298 g/mol. The minimum absolute atomic E-state index is 0.345. The van der Waals surface area contributed by atoms with Gasteiger partial charge >= 0.3 is 0 Å². The van der Waals surface area contributed by atoms with Crippen molar-refractivity contribution < 1.29 is 0 Å². The van der Waals surface area contributed by atoms with E-state index in [2.05, 4.69) is 45.9 Å². The molecule has 1 saturated carbocycles. The standard InChI is InChI=1S/C19H27N5/c1-14-5-6-16(18(22-14)24-10-3-4-11-24)13-21-17(15-7-8-15)19-20-9-12-23(19)2/h5-6,9,12,15,17,21H,3-4,7-8,10-11,13H2,1-2H3/t17-/m0/s1. The van der Waals surface area contributed by atoms with Crippen LogP contribution in [0.2, 0.25) is 0 Å². The molecule has 5 heteroatoms. The lowest BCUT2D eigenvalue weighted by Gasteiger charge is -2.23. The van der Waals surface area contributed by atoms with Gasteiger partial charge in [-0.3, -0.25) is 0 Å². The predicted molar refractivity (Wildman–Crippen MR) is 95.9 cm³/mol. The van der Waals surface area contributed by atoms with Crippen molar-refractivity contribution in [3.8, 4) is 0 Å². The summed E-state index contributed by atoms with van der Waals surface area (Å²) in [7, 11) is 2.09. The van der Waals surface area contributed by atoms with Crippen LogP contribution in [0.1, 0.15) is 48.8 Å². The van der Waals surface area contributed by atoms with Crippen molar-refractivity contribution in [1.82, 2.24) is 19.9 Å². The average molecular weight is 325 g/mol. The Bertz CT molecular complexity index is 698. The molecule has 0 radical (unpaired) electrons. The molecule has 0 aromatic carbocycles. The fraction of sp³-hybridized carbons (Fsp3) is 0.579. The second kappa shape index (κ2) is 6.55. The Labute approximate surface area is 144 Å². The quantitative estimate of drug-likeness (QED) is 0.887. The Morgan fingerprint density at radius 2 is 2.04 bits per heavy atom. The second-order valence-corrected chi connectivity index (χ2v) is 7.22. The lowest BCUT2D eigenvalue weighted by atomic mass is 10.1. The summed E-state index contributed by atoms with van der Waals surface area (Å²) in [6.45, 7) is 5.20. The first-order chi connectivity index (χ1) is 11.7. The van der Waals surface area contributed by atoms with Gasteiger partial charge < -0.3 is 14.8 Å². The third-order valence-electron chi connectivity index (χ3n) is 5.24. The Balaban J connectivity index is 1.53. The summed E-state index contributed by atoms with van der Waals surface area (Å²) in [5, 5.41) is 3.77. The molecular formula is C19H27N5. The van der Waals surface area contributed by atoms with Crippen molar-refractivity contribution in [1.29, 1.82) is 0 Å². The maximum Gasteiger partial charge on any atom is 0.133 e. The van der Waals surface area contributed by atoms with E-state index in [1.54, 1.807) is 0 Å². The van der Waals surface area contributed by atoms with E-state index >= 15 is 0 Å². The SMILES string of the molecule is Cc1ccc(CN[C@H](c2nccn2C)C2CC2)c(N2CCCC2)n1. The summed E-state index contributed by atoms with van der Waals surface area (Å²) in [5.74, 6) is 3.05. The molecule has 4 rings (SSSR count). The molecule has 0 spiro atoms. The number of hydrogen-bond acceptors (Lipinski definition) is 4. The molecule has 1 aliphatic heterocycles. The zero-order valence-corrected chi connectivity index (χ0v) is 14.7. The summed E-state index contributed by atoms with van der Waals surface area (Å²) in [6, 6.07) is 4.72. The lowest BCUT2D eigenvalue weighted by molar-refractivity contribution is 0.446. The molecule has 2 aromatic heterocycles. The zero-order chi connectivity index (χ0) is 16.5. The van der Waals surface area contributed by atoms with Crippen molar-refractivity contribution in [3.63, 3.8) is 0 Å². The average Bonchev–Trinajstić information content (AvgIpc) is 3.09. The lowest BCUT2D eigenvalue weighted by Crippen LogP contribution is -2.27. The maximum atomic E-state index is 4.84. The normalized spacial score (nSPS) is 19.0. The number of aryl methyl sites for hydroxylation is 2. The molecule has 0 bridgehead atoms. The molecule has 0 amide bonds. The first kappa shape index (κ1) is 15.6. The van der Waals surface area contributed by atoms with Gasteiger partial charge in [-0.15, -0.1) is 0 Å². The Morgan fingerprint density at radius 3 is 2.71 bits per heavy atom. The van der Waals surface area contributed by atoms with Crippen LogP contribution in [-0.4, -0.2) is 27.6 Å². The first-order valence-electron chi connectivity index (χ1n) is 9.14. The molecule has 2 aliphatic rings. The van der Waals surface area contributed by atoms with Gasteiger partial charge in [-0.1, -0.05) is 6.07 Å². The van der Waals surface area contributed by atoms with E-state index in [-0.39, 0.29) is 0 Å². The van der Waals surface area contributed by atoms with Gasteiger partial charge in [0.05, 0.1) is 6.04 Å². The van der Waals surface area contributed by atoms with Crippen molar-refractivity contribution in [3.05, 3.63) is 41.6 Å². The molecule has 2 fully saturated rings.